The van der Waals surface area contributed by atoms with Crippen LogP contribution in [0.5, 0.6) is 0 Å². The van der Waals surface area contributed by atoms with E-state index in [2.05, 4.69) is 43.3 Å². The summed E-state index contributed by atoms with van der Waals surface area (Å²) < 4.78 is 1.07. The van der Waals surface area contributed by atoms with Gasteiger partial charge in [-0.25, -0.2) is 0 Å². The minimum atomic E-state index is 0.267. The van der Waals surface area contributed by atoms with Crippen LogP contribution in [0.25, 0.3) is 0 Å². The van der Waals surface area contributed by atoms with E-state index in [0.717, 1.165) is 16.8 Å². The second-order valence-electron chi connectivity index (χ2n) is 4.21. The number of nitrogen functional groups attached to an aromatic ring is 1. The molecule has 0 amide bonds. The van der Waals surface area contributed by atoms with Crippen LogP contribution in [0.1, 0.15) is 5.56 Å². The van der Waals surface area contributed by atoms with Gasteiger partial charge in [0.1, 0.15) is 11.6 Å². The molecule has 0 fully saturated rings. The molecule has 0 aliphatic carbocycles. The predicted octanol–water partition coefficient (Wildman–Crippen LogP) is 2.50. The Kier molecular flexibility index (Phi) is 4.21. The van der Waals surface area contributed by atoms with Crippen molar-refractivity contribution in [2.75, 3.05) is 30.0 Å². The van der Waals surface area contributed by atoms with Gasteiger partial charge in [-0.05, 0) is 17.7 Å². The van der Waals surface area contributed by atoms with Gasteiger partial charge in [-0.15, -0.1) is 0 Å². The number of halogens is 1. The highest BCUT2D eigenvalue weighted by molar-refractivity contribution is 9.10. The van der Waals surface area contributed by atoms with Crippen LogP contribution in [0.3, 0.4) is 0 Å². The molecule has 0 saturated heterocycles. The highest BCUT2D eigenvalue weighted by Crippen LogP contribution is 2.19. The summed E-state index contributed by atoms with van der Waals surface area (Å²) in [4.78, 5) is 10.3. The van der Waals surface area contributed by atoms with Crippen molar-refractivity contribution in [3.63, 3.8) is 0 Å². The van der Waals surface area contributed by atoms with E-state index < -0.39 is 0 Å². The molecule has 2 aromatic rings. The Morgan fingerprint density at radius 3 is 2.79 bits per heavy atom. The van der Waals surface area contributed by atoms with Crippen molar-refractivity contribution in [2.45, 2.75) is 6.54 Å². The van der Waals surface area contributed by atoms with Gasteiger partial charge in [0, 0.05) is 31.2 Å². The van der Waals surface area contributed by atoms with Gasteiger partial charge in [0.2, 0.25) is 5.95 Å². The number of rotatable bonds is 4. The van der Waals surface area contributed by atoms with Gasteiger partial charge in [-0.2, -0.15) is 9.97 Å². The Bertz CT molecular complexity index is 573. The van der Waals surface area contributed by atoms with Gasteiger partial charge < -0.3 is 16.0 Å². The Morgan fingerprint density at radius 2 is 2.11 bits per heavy atom. The molecule has 5 nitrogen and oxygen atoms in total. The number of nitrogens with zero attached hydrogens (tertiary/aromatic N) is 3. The third-order valence-electron chi connectivity index (χ3n) is 2.69. The average molecular weight is 322 g/mol. The summed E-state index contributed by atoms with van der Waals surface area (Å²) in [6.45, 7) is 0.749. The SMILES string of the molecule is CNc1cc(N(C)Cc2cccc(Br)c2)nc(N)n1. The minimum absolute atomic E-state index is 0.267. The Balaban J connectivity index is 2.20. The first-order valence-electron chi connectivity index (χ1n) is 5.86. The molecular formula is C13H16BrN5. The summed E-state index contributed by atoms with van der Waals surface area (Å²) in [6.07, 6.45) is 0. The largest absolute Gasteiger partial charge is 0.373 e. The summed E-state index contributed by atoms with van der Waals surface area (Å²) in [7, 11) is 3.78. The van der Waals surface area contributed by atoms with E-state index in [4.69, 9.17) is 5.73 Å². The molecule has 0 aliphatic rings. The summed E-state index contributed by atoms with van der Waals surface area (Å²) in [5, 5.41) is 2.97. The van der Waals surface area contributed by atoms with E-state index in [-0.39, 0.29) is 5.95 Å². The number of benzene rings is 1. The van der Waals surface area contributed by atoms with Crippen LogP contribution in [-0.2, 0) is 6.54 Å². The molecule has 3 N–H and O–H groups in total. The maximum atomic E-state index is 5.69. The quantitative estimate of drug-likeness (QED) is 0.905. The maximum Gasteiger partial charge on any atom is 0.223 e. The number of anilines is 3. The first-order chi connectivity index (χ1) is 9.08. The highest BCUT2D eigenvalue weighted by Gasteiger charge is 2.07. The molecule has 0 bridgehead atoms. The monoisotopic (exact) mass is 321 g/mol. The number of hydrogen-bond acceptors (Lipinski definition) is 5. The van der Waals surface area contributed by atoms with Crippen LogP contribution in [0.2, 0.25) is 0 Å². The third kappa shape index (κ3) is 3.57. The Labute approximate surface area is 121 Å². The molecule has 0 spiro atoms. The Morgan fingerprint density at radius 1 is 1.32 bits per heavy atom. The van der Waals surface area contributed by atoms with Crippen LogP contribution in [0, 0.1) is 0 Å². The topological polar surface area (TPSA) is 67.1 Å². The Hall–Kier alpha value is -1.82. The lowest BCUT2D eigenvalue weighted by Crippen LogP contribution is -2.19. The molecule has 1 heterocycles. The van der Waals surface area contributed by atoms with Crippen molar-refractivity contribution in [1.82, 2.24) is 9.97 Å². The van der Waals surface area contributed by atoms with Crippen molar-refractivity contribution in [3.05, 3.63) is 40.4 Å². The smallest absolute Gasteiger partial charge is 0.223 e. The molecule has 19 heavy (non-hydrogen) atoms. The zero-order valence-corrected chi connectivity index (χ0v) is 12.5. The van der Waals surface area contributed by atoms with E-state index >= 15 is 0 Å². The highest BCUT2D eigenvalue weighted by atomic mass is 79.9. The van der Waals surface area contributed by atoms with Crippen molar-refractivity contribution < 1.29 is 0 Å². The lowest BCUT2D eigenvalue weighted by Gasteiger charge is -2.19. The average Bonchev–Trinajstić information content (AvgIpc) is 2.38. The molecule has 100 valence electrons. The lowest BCUT2D eigenvalue weighted by molar-refractivity contribution is 0.893. The molecule has 0 atom stereocenters. The van der Waals surface area contributed by atoms with E-state index in [1.165, 1.54) is 5.56 Å². The van der Waals surface area contributed by atoms with Crippen LogP contribution < -0.4 is 16.0 Å². The lowest BCUT2D eigenvalue weighted by atomic mass is 10.2. The van der Waals surface area contributed by atoms with Gasteiger partial charge in [0.05, 0.1) is 0 Å². The second-order valence-corrected chi connectivity index (χ2v) is 5.12. The molecule has 0 saturated carbocycles. The summed E-state index contributed by atoms with van der Waals surface area (Å²) in [6, 6.07) is 10.0. The standard InChI is InChI=1S/C13H16BrN5/c1-16-11-7-12(18-13(15)17-11)19(2)8-9-4-3-5-10(14)6-9/h3-7H,8H2,1-2H3,(H3,15,16,17,18). The summed E-state index contributed by atoms with van der Waals surface area (Å²) >= 11 is 3.47. The molecule has 1 aromatic carbocycles. The zero-order chi connectivity index (χ0) is 13.8. The normalized spacial score (nSPS) is 10.3. The van der Waals surface area contributed by atoms with E-state index in [9.17, 15) is 0 Å². The van der Waals surface area contributed by atoms with Gasteiger partial charge in [0.25, 0.3) is 0 Å². The number of aromatic nitrogens is 2. The van der Waals surface area contributed by atoms with Crippen LogP contribution in [0.15, 0.2) is 34.8 Å². The summed E-state index contributed by atoms with van der Waals surface area (Å²) in [5.74, 6) is 1.77. The molecule has 0 radical (unpaired) electrons. The maximum absolute atomic E-state index is 5.69. The molecule has 0 unspecified atom stereocenters. The fraction of sp³-hybridized carbons (Fsp3) is 0.231. The number of nitrogens with one attached hydrogen (secondary N) is 1. The molecule has 2 rings (SSSR count). The fourth-order valence-corrected chi connectivity index (χ4v) is 2.21. The first-order valence-corrected chi connectivity index (χ1v) is 6.65. The van der Waals surface area contributed by atoms with Crippen LogP contribution in [0.4, 0.5) is 17.6 Å². The molecule has 6 heteroatoms. The van der Waals surface area contributed by atoms with E-state index in [0.29, 0.717) is 5.82 Å². The van der Waals surface area contributed by atoms with E-state index in [1.54, 1.807) is 7.05 Å². The predicted molar refractivity (Wildman–Crippen MR) is 82.2 cm³/mol. The number of hydrogen-bond donors (Lipinski definition) is 2. The minimum Gasteiger partial charge on any atom is -0.373 e. The third-order valence-corrected chi connectivity index (χ3v) is 3.18. The van der Waals surface area contributed by atoms with Crippen molar-refractivity contribution in [2.24, 2.45) is 0 Å². The van der Waals surface area contributed by atoms with Crippen molar-refractivity contribution >= 4 is 33.5 Å². The van der Waals surface area contributed by atoms with Crippen molar-refractivity contribution in [3.8, 4) is 0 Å². The zero-order valence-electron chi connectivity index (χ0n) is 10.9. The summed E-state index contributed by atoms with van der Waals surface area (Å²) in [5.41, 5.74) is 6.89. The van der Waals surface area contributed by atoms with Gasteiger partial charge in [0.15, 0.2) is 0 Å². The van der Waals surface area contributed by atoms with Crippen LogP contribution in [-0.4, -0.2) is 24.1 Å². The molecule has 1 aromatic heterocycles. The molecular weight excluding hydrogens is 306 g/mol. The second kappa shape index (κ2) is 5.88. The number of nitrogens with two attached hydrogens (primary N) is 1. The van der Waals surface area contributed by atoms with E-state index in [1.807, 2.05) is 30.1 Å². The van der Waals surface area contributed by atoms with Gasteiger partial charge in [-0.1, -0.05) is 28.1 Å². The molecule has 0 aliphatic heterocycles. The van der Waals surface area contributed by atoms with Crippen molar-refractivity contribution in [1.29, 1.82) is 0 Å². The fourth-order valence-electron chi connectivity index (χ4n) is 1.77. The van der Waals surface area contributed by atoms with Gasteiger partial charge >= 0.3 is 0 Å². The first kappa shape index (κ1) is 13.6. The van der Waals surface area contributed by atoms with Crippen LogP contribution >= 0.6 is 15.9 Å². The van der Waals surface area contributed by atoms with Gasteiger partial charge in [-0.3, -0.25) is 0 Å².